The van der Waals surface area contributed by atoms with E-state index in [4.69, 9.17) is 0 Å². The zero-order valence-corrected chi connectivity index (χ0v) is 10.8. The Labute approximate surface area is 85.8 Å². The number of hydrogen-bond donors (Lipinski definition) is 0. The Hall–Kier alpha value is -0.520. The van der Waals surface area contributed by atoms with Crippen molar-refractivity contribution in [2.75, 3.05) is 0 Å². The lowest BCUT2D eigenvalue weighted by Gasteiger charge is -2.03. The van der Waals surface area contributed by atoms with E-state index >= 15 is 0 Å². The van der Waals surface area contributed by atoms with Crippen LogP contribution in [0.3, 0.4) is 0 Å². The molecule has 0 fully saturated rings. The summed E-state index contributed by atoms with van der Waals surface area (Å²) in [6.07, 6.45) is 6.39. The minimum absolute atomic E-state index is 0.659. The van der Waals surface area contributed by atoms with Crippen molar-refractivity contribution in [2.45, 2.75) is 55.4 Å². The molecule has 0 nitrogen and oxygen atoms in total. The highest BCUT2D eigenvalue weighted by Crippen LogP contribution is 2.09. The SMILES string of the molecule is C/C=C\C(=C/C)C(C)C.CC.CC. The maximum atomic E-state index is 2.20. The molecular formula is C13H28. The molecular weight excluding hydrogens is 156 g/mol. The molecule has 0 aromatic heterocycles. The van der Waals surface area contributed by atoms with Crippen LogP contribution in [0.15, 0.2) is 23.8 Å². The summed E-state index contributed by atoms with van der Waals surface area (Å²) < 4.78 is 0. The van der Waals surface area contributed by atoms with Gasteiger partial charge in [-0.1, -0.05) is 65.3 Å². The highest BCUT2D eigenvalue weighted by molar-refractivity contribution is 5.18. The molecule has 0 saturated carbocycles. The van der Waals surface area contributed by atoms with Gasteiger partial charge in [0.05, 0.1) is 0 Å². The molecule has 80 valence electrons. The zero-order chi connectivity index (χ0) is 11.3. The molecule has 0 heteroatoms. The summed E-state index contributed by atoms with van der Waals surface area (Å²) in [5, 5.41) is 0. The number of rotatable bonds is 2. The largest absolute Gasteiger partial charge is 0.0874 e. The van der Waals surface area contributed by atoms with E-state index in [1.54, 1.807) is 0 Å². The van der Waals surface area contributed by atoms with Crippen LogP contribution in [0.2, 0.25) is 0 Å². The minimum atomic E-state index is 0.659. The Balaban J connectivity index is -0.000000218. The molecule has 0 aromatic rings. The molecule has 0 saturated heterocycles. The van der Waals surface area contributed by atoms with Crippen LogP contribution in [-0.2, 0) is 0 Å². The quantitative estimate of drug-likeness (QED) is 0.516. The number of hydrogen-bond acceptors (Lipinski definition) is 0. The average molecular weight is 184 g/mol. The van der Waals surface area contributed by atoms with Crippen LogP contribution in [0.5, 0.6) is 0 Å². The van der Waals surface area contributed by atoms with Gasteiger partial charge in [0.2, 0.25) is 0 Å². The van der Waals surface area contributed by atoms with E-state index in [0.29, 0.717) is 5.92 Å². The first-order valence-electron chi connectivity index (χ1n) is 5.51. The second-order valence-electron chi connectivity index (χ2n) is 2.44. The molecule has 0 radical (unpaired) electrons. The fourth-order valence-electron chi connectivity index (χ4n) is 0.814. The summed E-state index contributed by atoms with van der Waals surface area (Å²) in [6, 6.07) is 0. The first-order chi connectivity index (χ1) is 6.22. The van der Waals surface area contributed by atoms with Gasteiger partial charge in [0.25, 0.3) is 0 Å². The molecule has 0 bridgehead atoms. The molecule has 0 aliphatic carbocycles. The van der Waals surface area contributed by atoms with Crippen LogP contribution in [0.4, 0.5) is 0 Å². The third-order valence-corrected chi connectivity index (χ3v) is 1.36. The molecule has 0 atom stereocenters. The maximum Gasteiger partial charge on any atom is -0.0222 e. The smallest absolute Gasteiger partial charge is 0.0222 e. The van der Waals surface area contributed by atoms with Gasteiger partial charge < -0.3 is 0 Å². The van der Waals surface area contributed by atoms with Crippen molar-refractivity contribution in [3.8, 4) is 0 Å². The standard InChI is InChI=1S/C9H16.2C2H6/c1-5-7-9(6-2)8(3)4;2*1-2/h5-8H,1-4H3;2*1-2H3/b7-5-,9-6+;;. The van der Waals surface area contributed by atoms with Gasteiger partial charge in [-0.05, 0) is 19.8 Å². The van der Waals surface area contributed by atoms with E-state index in [0.717, 1.165) is 0 Å². The van der Waals surface area contributed by atoms with Crippen molar-refractivity contribution in [2.24, 2.45) is 5.92 Å². The highest BCUT2D eigenvalue weighted by Gasteiger charge is 1.94. The van der Waals surface area contributed by atoms with Gasteiger partial charge in [0.15, 0.2) is 0 Å². The van der Waals surface area contributed by atoms with Crippen LogP contribution in [0, 0.1) is 5.92 Å². The van der Waals surface area contributed by atoms with Crippen molar-refractivity contribution in [3.05, 3.63) is 23.8 Å². The summed E-state index contributed by atoms with van der Waals surface area (Å²) in [7, 11) is 0. The lowest BCUT2D eigenvalue weighted by atomic mass is 10.0. The van der Waals surface area contributed by atoms with E-state index in [-0.39, 0.29) is 0 Å². The zero-order valence-electron chi connectivity index (χ0n) is 10.8. The lowest BCUT2D eigenvalue weighted by Crippen LogP contribution is -1.88. The third-order valence-electron chi connectivity index (χ3n) is 1.36. The summed E-state index contributed by atoms with van der Waals surface area (Å²) >= 11 is 0. The van der Waals surface area contributed by atoms with E-state index in [1.807, 2.05) is 34.6 Å². The van der Waals surface area contributed by atoms with E-state index in [9.17, 15) is 0 Å². The predicted molar refractivity (Wildman–Crippen MR) is 66.1 cm³/mol. The van der Waals surface area contributed by atoms with Gasteiger partial charge in [0, 0.05) is 0 Å². The van der Waals surface area contributed by atoms with E-state index in [1.165, 1.54) is 5.57 Å². The highest BCUT2D eigenvalue weighted by atomic mass is 14.0. The average Bonchev–Trinajstić information content (AvgIpc) is 2.20. The molecule has 0 amide bonds. The van der Waals surface area contributed by atoms with Crippen molar-refractivity contribution in [1.82, 2.24) is 0 Å². The van der Waals surface area contributed by atoms with E-state index < -0.39 is 0 Å². The second-order valence-corrected chi connectivity index (χ2v) is 2.44. The normalized spacial score (nSPS) is 10.4. The molecule has 0 aromatic carbocycles. The first-order valence-corrected chi connectivity index (χ1v) is 5.51. The summed E-state index contributed by atoms with van der Waals surface area (Å²) in [5.41, 5.74) is 1.41. The van der Waals surface area contributed by atoms with Gasteiger partial charge >= 0.3 is 0 Å². The van der Waals surface area contributed by atoms with Gasteiger partial charge in [0.1, 0.15) is 0 Å². The molecule has 13 heavy (non-hydrogen) atoms. The Morgan fingerprint density at radius 2 is 1.31 bits per heavy atom. The molecule has 0 heterocycles. The van der Waals surface area contributed by atoms with Gasteiger partial charge in [-0.3, -0.25) is 0 Å². The molecule has 0 spiro atoms. The molecule has 0 aliphatic heterocycles. The van der Waals surface area contributed by atoms with Crippen LogP contribution < -0.4 is 0 Å². The Morgan fingerprint density at radius 1 is 0.923 bits per heavy atom. The first kappa shape index (κ1) is 18.3. The molecule has 0 unspecified atom stereocenters. The topological polar surface area (TPSA) is 0 Å². The predicted octanol–water partition coefficient (Wildman–Crippen LogP) is 5.22. The third kappa shape index (κ3) is 14.3. The monoisotopic (exact) mass is 184 g/mol. The van der Waals surface area contributed by atoms with Gasteiger partial charge in [-0.15, -0.1) is 0 Å². The fourth-order valence-corrected chi connectivity index (χ4v) is 0.814. The van der Waals surface area contributed by atoms with Crippen molar-refractivity contribution in [3.63, 3.8) is 0 Å². The molecule has 0 aliphatic rings. The van der Waals surface area contributed by atoms with E-state index in [2.05, 4.69) is 39.0 Å². The summed E-state index contributed by atoms with van der Waals surface area (Å²) in [6.45, 7) is 16.5. The minimum Gasteiger partial charge on any atom is -0.0874 e. The van der Waals surface area contributed by atoms with Crippen molar-refractivity contribution < 1.29 is 0 Å². The Morgan fingerprint density at radius 3 is 1.38 bits per heavy atom. The molecule has 0 N–H and O–H groups in total. The van der Waals surface area contributed by atoms with Gasteiger partial charge in [-0.2, -0.15) is 0 Å². The lowest BCUT2D eigenvalue weighted by molar-refractivity contribution is 0.789. The summed E-state index contributed by atoms with van der Waals surface area (Å²) in [4.78, 5) is 0. The fraction of sp³-hybridized carbons (Fsp3) is 0.692. The van der Waals surface area contributed by atoms with Crippen LogP contribution in [0.1, 0.15) is 55.4 Å². The van der Waals surface area contributed by atoms with Crippen molar-refractivity contribution in [1.29, 1.82) is 0 Å². The number of allylic oxidation sites excluding steroid dienone is 4. The second kappa shape index (κ2) is 17.5. The van der Waals surface area contributed by atoms with Crippen LogP contribution in [0.25, 0.3) is 0 Å². The Bertz CT molecular complexity index is 116. The Kier molecular flexibility index (Phi) is 24.7. The maximum absolute atomic E-state index is 2.20. The molecule has 0 rings (SSSR count). The van der Waals surface area contributed by atoms with Crippen molar-refractivity contribution >= 4 is 0 Å². The summed E-state index contributed by atoms with van der Waals surface area (Å²) in [5.74, 6) is 0.659. The van der Waals surface area contributed by atoms with Crippen LogP contribution >= 0.6 is 0 Å². The van der Waals surface area contributed by atoms with Crippen LogP contribution in [-0.4, -0.2) is 0 Å². The van der Waals surface area contributed by atoms with Gasteiger partial charge in [-0.25, -0.2) is 0 Å².